The second-order valence-corrected chi connectivity index (χ2v) is 3.99. The quantitative estimate of drug-likeness (QED) is 0.761. The summed E-state index contributed by atoms with van der Waals surface area (Å²) in [7, 11) is 0. The monoisotopic (exact) mass is 247 g/mol. The van der Waals surface area contributed by atoms with E-state index in [-0.39, 0.29) is 17.8 Å². The van der Waals surface area contributed by atoms with E-state index in [1.165, 1.54) is 12.3 Å². The van der Waals surface area contributed by atoms with Crippen molar-refractivity contribution in [1.29, 1.82) is 0 Å². The number of aromatic nitrogens is 3. The third kappa shape index (κ3) is 2.61. The Morgan fingerprint density at radius 1 is 1.44 bits per heavy atom. The lowest BCUT2D eigenvalue weighted by atomic mass is 10.1. The first kappa shape index (κ1) is 12.4. The molecule has 94 valence electrons. The molecule has 5 heteroatoms. The number of rotatable bonds is 5. The number of hydrogen-bond acceptors (Lipinski definition) is 3. The van der Waals surface area contributed by atoms with Crippen LogP contribution < -0.4 is 0 Å². The largest absolute Gasteiger partial charge is 0.335 e. The predicted octanol–water partition coefficient (Wildman–Crippen LogP) is 2.25. The fraction of sp³-hybridized carbons (Fsp3) is 0.308. The number of nitrogens with zero attached hydrogens (tertiary/aromatic N) is 3. The lowest BCUT2D eigenvalue weighted by Crippen LogP contribution is -2.11. The molecular weight excluding hydrogens is 233 g/mol. The zero-order valence-electron chi connectivity index (χ0n) is 10.1. The molecule has 2 rings (SSSR count). The third-order valence-electron chi connectivity index (χ3n) is 2.66. The van der Waals surface area contributed by atoms with Crippen LogP contribution in [-0.2, 0) is 13.0 Å². The number of aryl methyl sites for hydroxylation is 1. The molecule has 0 radical (unpaired) electrons. The van der Waals surface area contributed by atoms with Crippen molar-refractivity contribution in [2.24, 2.45) is 0 Å². The summed E-state index contributed by atoms with van der Waals surface area (Å²) in [5.41, 5.74) is 0.0658. The predicted molar refractivity (Wildman–Crippen MR) is 64.7 cm³/mol. The number of carbonyl (C=O) groups is 1. The third-order valence-corrected chi connectivity index (χ3v) is 2.66. The minimum absolute atomic E-state index is 0.0658. The summed E-state index contributed by atoms with van der Waals surface area (Å²) in [6.45, 7) is 2.86. The smallest absolute Gasteiger partial charge is 0.173 e. The minimum atomic E-state index is -0.587. The minimum Gasteiger partial charge on any atom is -0.335 e. The van der Waals surface area contributed by atoms with Gasteiger partial charge in [-0.15, -0.1) is 0 Å². The molecule has 0 aliphatic rings. The Morgan fingerprint density at radius 3 is 3.00 bits per heavy atom. The molecule has 0 atom stereocenters. The van der Waals surface area contributed by atoms with Gasteiger partial charge in [0.2, 0.25) is 0 Å². The summed E-state index contributed by atoms with van der Waals surface area (Å²) in [6.07, 6.45) is 7.01. The molecule has 0 bridgehead atoms. The molecule has 4 nitrogen and oxygen atoms in total. The van der Waals surface area contributed by atoms with E-state index in [4.69, 9.17) is 0 Å². The Balaban J connectivity index is 2.17. The van der Waals surface area contributed by atoms with Crippen molar-refractivity contribution in [2.75, 3.05) is 0 Å². The van der Waals surface area contributed by atoms with Crippen molar-refractivity contribution in [3.05, 3.63) is 48.1 Å². The number of ketones is 1. The average molecular weight is 247 g/mol. The van der Waals surface area contributed by atoms with Crippen molar-refractivity contribution < 1.29 is 9.18 Å². The highest BCUT2D eigenvalue weighted by atomic mass is 19.1. The van der Waals surface area contributed by atoms with Gasteiger partial charge < -0.3 is 4.57 Å². The second kappa shape index (κ2) is 5.53. The fourth-order valence-electron chi connectivity index (χ4n) is 1.79. The molecule has 0 aromatic carbocycles. The van der Waals surface area contributed by atoms with Crippen LogP contribution in [0.3, 0.4) is 0 Å². The molecule has 0 aliphatic carbocycles. The van der Waals surface area contributed by atoms with E-state index in [1.54, 1.807) is 6.20 Å². The van der Waals surface area contributed by atoms with E-state index in [0.717, 1.165) is 19.2 Å². The van der Waals surface area contributed by atoms with Crippen LogP contribution in [0, 0.1) is 5.82 Å². The van der Waals surface area contributed by atoms with Crippen LogP contribution in [0.2, 0.25) is 0 Å². The number of halogens is 1. The Labute approximate surface area is 104 Å². The average Bonchev–Trinajstić information content (AvgIpc) is 2.78. The topological polar surface area (TPSA) is 47.8 Å². The maximum absolute atomic E-state index is 13.4. The van der Waals surface area contributed by atoms with Gasteiger partial charge in [-0.1, -0.05) is 6.92 Å². The van der Waals surface area contributed by atoms with E-state index < -0.39 is 5.82 Å². The molecule has 18 heavy (non-hydrogen) atoms. The van der Waals surface area contributed by atoms with Crippen molar-refractivity contribution in [3.8, 4) is 0 Å². The van der Waals surface area contributed by atoms with Gasteiger partial charge in [0.05, 0.1) is 18.2 Å². The molecule has 2 aromatic heterocycles. The van der Waals surface area contributed by atoms with Crippen molar-refractivity contribution in [2.45, 2.75) is 26.3 Å². The number of pyridine rings is 1. The van der Waals surface area contributed by atoms with Gasteiger partial charge in [0.15, 0.2) is 11.6 Å². The first-order valence-electron chi connectivity index (χ1n) is 5.85. The van der Waals surface area contributed by atoms with Crippen LogP contribution in [0.25, 0.3) is 0 Å². The number of hydrogen-bond donors (Lipinski definition) is 0. The van der Waals surface area contributed by atoms with Crippen LogP contribution in [0.5, 0.6) is 0 Å². The van der Waals surface area contributed by atoms with Crippen molar-refractivity contribution in [3.63, 3.8) is 0 Å². The molecule has 0 saturated heterocycles. The molecule has 2 aromatic rings. The zero-order valence-corrected chi connectivity index (χ0v) is 10.1. The molecule has 0 saturated carbocycles. The lowest BCUT2D eigenvalue weighted by molar-refractivity contribution is 0.0985. The van der Waals surface area contributed by atoms with Gasteiger partial charge in [-0.2, -0.15) is 0 Å². The summed E-state index contributed by atoms with van der Waals surface area (Å²) >= 11 is 0. The standard InChI is InChI=1S/C13H14FN3O/c1-2-6-17-7-5-16-13(17)8-12(18)10-3-4-15-9-11(10)14/h3-5,7,9H,2,6,8H2,1H3. The van der Waals surface area contributed by atoms with E-state index in [1.807, 2.05) is 17.7 Å². The van der Waals surface area contributed by atoms with E-state index in [0.29, 0.717) is 5.82 Å². The Morgan fingerprint density at radius 2 is 2.28 bits per heavy atom. The highest BCUT2D eigenvalue weighted by molar-refractivity contribution is 5.97. The van der Waals surface area contributed by atoms with Crippen LogP contribution in [0.1, 0.15) is 29.5 Å². The first-order chi connectivity index (χ1) is 8.72. The number of carbonyl (C=O) groups excluding carboxylic acids is 1. The maximum atomic E-state index is 13.4. The molecule has 0 unspecified atom stereocenters. The van der Waals surface area contributed by atoms with E-state index >= 15 is 0 Å². The van der Waals surface area contributed by atoms with Crippen LogP contribution >= 0.6 is 0 Å². The highest BCUT2D eigenvalue weighted by Crippen LogP contribution is 2.10. The van der Waals surface area contributed by atoms with Gasteiger partial charge in [0.1, 0.15) is 5.82 Å². The molecule has 0 N–H and O–H groups in total. The van der Waals surface area contributed by atoms with Crippen LogP contribution in [0.4, 0.5) is 4.39 Å². The Bertz CT molecular complexity index is 551. The van der Waals surface area contributed by atoms with E-state index in [2.05, 4.69) is 9.97 Å². The van der Waals surface area contributed by atoms with Gasteiger partial charge >= 0.3 is 0 Å². The maximum Gasteiger partial charge on any atom is 0.173 e. The van der Waals surface area contributed by atoms with Gasteiger partial charge in [0.25, 0.3) is 0 Å². The Kier molecular flexibility index (Phi) is 3.82. The molecule has 0 aliphatic heterocycles. The van der Waals surface area contributed by atoms with Crippen molar-refractivity contribution >= 4 is 5.78 Å². The summed E-state index contributed by atoms with van der Waals surface area (Å²) in [6, 6.07) is 1.39. The van der Waals surface area contributed by atoms with Crippen LogP contribution in [0.15, 0.2) is 30.9 Å². The van der Waals surface area contributed by atoms with E-state index in [9.17, 15) is 9.18 Å². The highest BCUT2D eigenvalue weighted by Gasteiger charge is 2.14. The number of Topliss-reactive ketones (excluding diaryl/α,β-unsaturated/α-hetero) is 1. The van der Waals surface area contributed by atoms with Gasteiger partial charge in [-0.3, -0.25) is 9.78 Å². The normalized spacial score (nSPS) is 10.6. The molecule has 0 fully saturated rings. The number of imidazole rings is 1. The van der Waals surface area contributed by atoms with Crippen LogP contribution in [-0.4, -0.2) is 20.3 Å². The second-order valence-electron chi connectivity index (χ2n) is 3.99. The molecule has 0 amide bonds. The Hall–Kier alpha value is -2.04. The molecule has 0 spiro atoms. The SMILES string of the molecule is CCCn1ccnc1CC(=O)c1ccncc1F. The first-order valence-corrected chi connectivity index (χ1v) is 5.85. The molecule has 2 heterocycles. The summed E-state index contributed by atoms with van der Waals surface area (Å²) in [5, 5.41) is 0. The summed E-state index contributed by atoms with van der Waals surface area (Å²) in [4.78, 5) is 19.7. The summed E-state index contributed by atoms with van der Waals surface area (Å²) < 4.78 is 15.3. The van der Waals surface area contributed by atoms with Crippen molar-refractivity contribution in [1.82, 2.24) is 14.5 Å². The molecular formula is C13H14FN3O. The van der Waals surface area contributed by atoms with Gasteiger partial charge in [0, 0.05) is 25.1 Å². The summed E-state index contributed by atoms with van der Waals surface area (Å²) in [5.74, 6) is -0.201. The zero-order chi connectivity index (χ0) is 13.0. The van der Waals surface area contributed by atoms with Gasteiger partial charge in [-0.05, 0) is 12.5 Å². The fourth-order valence-corrected chi connectivity index (χ4v) is 1.79. The lowest BCUT2D eigenvalue weighted by Gasteiger charge is -2.06. The van der Waals surface area contributed by atoms with Gasteiger partial charge in [-0.25, -0.2) is 9.37 Å².